The van der Waals surface area contributed by atoms with Crippen molar-refractivity contribution >= 4 is 21.7 Å². The van der Waals surface area contributed by atoms with E-state index in [-0.39, 0.29) is 5.82 Å². The maximum Gasteiger partial charge on any atom is 0.166 e. The second-order valence-electron chi connectivity index (χ2n) is 4.18. The maximum atomic E-state index is 13.5. The van der Waals surface area contributed by atoms with Crippen molar-refractivity contribution in [2.45, 2.75) is 12.8 Å². The third-order valence-electron chi connectivity index (χ3n) is 2.75. The summed E-state index contributed by atoms with van der Waals surface area (Å²) in [6, 6.07) is 11.5. The van der Waals surface area contributed by atoms with Crippen molar-refractivity contribution in [1.29, 1.82) is 0 Å². The Balaban J connectivity index is 1.99. The molecule has 0 fully saturated rings. The summed E-state index contributed by atoms with van der Waals surface area (Å²) in [5.74, 6) is 0.252. The van der Waals surface area contributed by atoms with Gasteiger partial charge in [-0.05, 0) is 33.5 Å². The van der Waals surface area contributed by atoms with Crippen LogP contribution >= 0.6 is 15.9 Å². The molecule has 0 aliphatic carbocycles. The maximum absolute atomic E-state index is 13.5. The summed E-state index contributed by atoms with van der Waals surface area (Å²) in [4.78, 5) is 4.01. The van der Waals surface area contributed by atoms with Crippen LogP contribution in [0, 0.1) is 5.82 Å². The van der Waals surface area contributed by atoms with E-state index in [0.717, 1.165) is 0 Å². The van der Waals surface area contributed by atoms with Crippen LogP contribution in [-0.4, -0.2) is 11.5 Å². The van der Waals surface area contributed by atoms with Crippen molar-refractivity contribution in [1.82, 2.24) is 4.98 Å². The molecule has 1 unspecified atom stereocenters. The molecule has 1 aromatic heterocycles. The van der Waals surface area contributed by atoms with Crippen LogP contribution in [0.15, 0.2) is 47.1 Å². The van der Waals surface area contributed by atoms with Gasteiger partial charge in [-0.15, -0.1) is 0 Å². The number of aromatic nitrogens is 1. The van der Waals surface area contributed by atoms with Gasteiger partial charge in [0.15, 0.2) is 11.6 Å². The zero-order valence-corrected chi connectivity index (χ0v) is 11.6. The molecule has 0 amide bonds. The Kier molecular flexibility index (Phi) is 4.31. The van der Waals surface area contributed by atoms with Crippen LogP contribution in [0.25, 0.3) is 0 Å². The number of hydrogen-bond donors (Lipinski definition) is 1. The number of nitrogens with one attached hydrogen (secondary N) is 1. The third-order valence-corrected chi connectivity index (χ3v) is 3.19. The molecule has 94 valence electrons. The summed E-state index contributed by atoms with van der Waals surface area (Å²) < 4.78 is 14.2. The highest BCUT2D eigenvalue weighted by molar-refractivity contribution is 9.10. The van der Waals surface area contributed by atoms with Crippen LogP contribution < -0.4 is 5.32 Å². The van der Waals surface area contributed by atoms with Crippen molar-refractivity contribution in [3.63, 3.8) is 0 Å². The second kappa shape index (κ2) is 5.96. The SMILES string of the molecule is CC(CNc1ncc(Br)cc1F)c1ccccc1. The summed E-state index contributed by atoms with van der Waals surface area (Å²) in [6.07, 6.45) is 1.58. The first-order chi connectivity index (χ1) is 8.66. The molecular weight excluding hydrogens is 295 g/mol. The molecular formula is C14H14BrFN2. The number of halogens is 2. The molecule has 0 aliphatic rings. The van der Waals surface area contributed by atoms with Gasteiger partial charge in [0, 0.05) is 17.2 Å². The monoisotopic (exact) mass is 308 g/mol. The Hall–Kier alpha value is -1.42. The highest BCUT2D eigenvalue weighted by Gasteiger charge is 2.08. The molecule has 18 heavy (non-hydrogen) atoms. The fourth-order valence-electron chi connectivity index (χ4n) is 1.69. The fourth-order valence-corrected chi connectivity index (χ4v) is 2.00. The van der Waals surface area contributed by atoms with E-state index in [9.17, 15) is 4.39 Å². The second-order valence-corrected chi connectivity index (χ2v) is 5.09. The van der Waals surface area contributed by atoms with Crippen molar-refractivity contribution in [3.8, 4) is 0 Å². The number of rotatable bonds is 4. The van der Waals surface area contributed by atoms with E-state index < -0.39 is 0 Å². The van der Waals surface area contributed by atoms with Gasteiger partial charge in [-0.1, -0.05) is 37.3 Å². The number of pyridine rings is 1. The molecule has 4 heteroatoms. The lowest BCUT2D eigenvalue weighted by atomic mass is 10.0. The Bertz CT molecular complexity index is 516. The summed E-state index contributed by atoms with van der Waals surface area (Å²) in [7, 11) is 0. The molecule has 0 radical (unpaired) electrons. The Morgan fingerprint density at radius 1 is 1.33 bits per heavy atom. The molecule has 2 rings (SSSR count). The van der Waals surface area contributed by atoms with Crippen molar-refractivity contribution in [2.24, 2.45) is 0 Å². The fraction of sp³-hybridized carbons (Fsp3) is 0.214. The lowest BCUT2D eigenvalue weighted by Gasteiger charge is -2.13. The lowest BCUT2D eigenvalue weighted by Crippen LogP contribution is -2.11. The zero-order chi connectivity index (χ0) is 13.0. The molecule has 0 aliphatic heterocycles. The predicted octanol–water partition coefficient (Wildman–Crippen LogP) is 4.20. The molecule has 1 N–H and O–H groups in total. The summed E-state index contributed by atoms with van der Waals surface area (Å²) >= 11 is 3.18. The normalized spacial score (nSPS) is 12.2. The summed E-state index contributed by atoms with van der Waals surface area (Å²) in [5, 5.41) is 3.03. The largest absolute Gasteiger partial charge is 0.367 e. The third kappa shape index (κ3) is 3.29. The van der Waals surface area contributed by atoms with Crippen molar-refractivity contribution < 1.29 is 4.39 Å². The average molecular weight is 309 g/mol. The predicted molar refractivity (Wildman–Crippen MR) is 75.2 cm³/mol. The van der Waals surface area contributed by atoms with Gasteiger partial charge in [0.25, 0.3) is 0 Å². The van der Waals surface area contributed by atoms with Gasteiger partial charge in [0.2, 0.25) is 0 Å². The van der Waals surface area contributed by atoms with Crippen LogP contribution in [-0.2, 0) is 0 Å². The van der Waals surface area contributed by atoms with Gasteiger partial charge >= 0.3 is 0 Å². The number of anilines is 1. The summed E-state index contributed by atoms with van der Waals surface area (Å²) in [6.45, 7) is 2.74. The minimum Gasteiger partial charge on any atom is -0.367 e. The Labute approximate surface area is 114 Å². The van der Waals surface area contributed by atoms with Gasteiger partial charge in [-0.3, -0.25) is 0 Å². The molecule has 0 saturated heterocycles. The highest BCUT2D eigenvalue weighted by Crippen LogP contribution is 2.19. The zero-order valence-electron chi connectivity index (χ0n) is 10.0. The van der Waals surface area contributed by atoms with Crippen LogP contribution in [0.3, 0.4) is 0 Å². The lowest BCUT2D eigenvalue weighted by molar-refractivity contribution is 0.621. The minimum absolute atomic E-state index is 0.293. The first-order valence-corrected chi connectivity index (χ1v) is 6.56. The smallest absolute Gasteiger partial charge is 0.166 e. The molecule has 1 atom stereocenters. The van der Waals surface area contributed by atoms with Crippen molar-refractivity contribution in [2.75, 3.05) is 11.9 Å². The van der Waals surface area contributed by atoms with E-state index in [1.165, 1.54) is 11.6 Å². The van der Waals surface area contributed by atoms with Crippen molar-refractivity contribution in [3.05, 3.63) is 58.4 Å². The molecule has 1 aromatic carbocycles. The Morgan fingerprint density at radius 3 is 2.72 bits per heavy atom. The van der Waals surface area contributed by atoms with Gasteiger partial charge < -0.3 is 5.32 Å². The van der Waals surface area contributed by atoms with E-state index in [1.807, 2.05) is 18.2 Å². The molecule has 0 spiro atoms. The van der Waals surface area contributed by atoms with E-state index >= 15 is 0 Å². The first-order valence-electron chi connectivity index (χ1n) is 5.76. The van der Waals surface area contributed by atoms with Gasteiger partial charge in [-0.2, -0.15) is 0 Å². The van der Waals surface area contributed by atoms with Gasteiger partial charge in [-0.25, -0.2) is 9.37 Å². The number of nitrogens with zero attached hydrogens (tertiary/aromatic N) is 1. The molecule has 2 aromatic rings. The van der Waals surface area contributed by atoms with Crippen LogP contribution in [0.2, 0.25) is 0 Å². The number of benzene rings is 1. The molecule has 0 bridgehead atoms. The standard InChI is InChI=1S/C14H14BrFN2/c1-10(11-5-3-2-4-6-11)8-17-14-13(16)7-12(15)9-18-14/h2-7,9-10H,8H2,1H3,(H,17,18). The van der Waals surface area contributed by atoms with Crippen LogP contribution in [0.5, 0.6) is 0 Å². The van der Waals surface area contributed by atoms with E-state index in [1.54, 1.807) is 6.20 Å². The first kappa shape index (κ1) is 13.0. The molecule has 0 saturated carbocycles. The summed E-state index contributed by atoms with van der Waals surface area (Å²) in [5.41, 5.74) is 1.22. The van der Waals surface area contributed by atoms with E-state index in [0.29, 0.717) is 22.8 Å². The van der Waals surface area contributed by atoms with E-state index in [2.05, 4.69) is 45.3 Å². The minimum atomic E-state index is -0.343. The van der Waals surface area contributed by atoms with Gasteiger partial charge in [0.1, 0.15) is 0 Å². The molecule has 1 heterocycles. The van der Waals surface area contributed by atoms with E-state index in [4.69, 9.17) is 0 Å². The van der Waals surface area contributed by atoms with Crippen LogP contribution in [0.4, 0.5) is 10.2 Å². The highest BCUT2D eigenvalue weighted by atomic mass is 79.9. The van der Waals surface area contributed by atoms with Gasteiger partial charge in [0.05, 0.1) is 0 Å². The number of hydrogen-bond acceptors (Lipinski definition) is 2. The topological polar surface area (TPSA) is 24.9 Å². The average Bonchev–Trinajstić information content (AvgIpc) is 2.38. The van der Waals surface area contributed by atoms with Crippen LogP contribution in [0.1, 0.15) is 18.4 Å². The quantitative estimate of drug-likeness (QED) is 0.915. The Morgan fingerprint density at radius 2 is 2.06 bits per heavy atom. The molecule has 2 nitrogen and oxygen atoms in total.